The molecule has 0 aliphatic rings. The summed E-state index contributed by atoms with van der Waals surface area (Å²) >= 11 is 0. The number of carboxylic acids is 1. The van der Waals surface area contributed by atoms with Crippen molar-refractivity contribution in [2.24, 2.45) is 0 Å². The van der Waals surface area contributed by atoms with Crippen LogP contribution in [0.15, 0.2) is 30.3 Å². The molecule has 6 heteroatoms. The first-order chi connectivity index (χ1) is 10.2. The second kappa shape index (κ2) is 7.79. The molecule has 0 aliphatic heterocycles. The number of nitrogens with zero attached hydrogens (tertiary/aromatic N) is 1. The molecular weight excluding hydrogens is 286 g/mol. The second-order valence-electron chi connectivity index (χ2n) is 6.01. The number of aliphatic carboxylic acids is 1. The third kappa shape index (κ3) is 6.58. The predicted octanol–water partition coefficient (Wildman–Crippen LogP) is 3.22. The zero-order chi connectivity index (χ0) is 16.8. The number of hydrogen-bond acceptors (Lipinski definition) is 4. The fourth-order valence-corrected chi connectivity index (χ4v) is 1.72. The fourth-order valence-electron chi connectivity index (χ4n) is 1.72. The van der Waals surface area contributed by atoms with Gasteiger partial charge in [-0.05, 0) is 33.3 Å². The molecule has 0 heterocycles. The van der Waals surface area contributed by atoms with E-state index in [1.54, 1.807) is 27.7 Å². The van der Waals surface area contributed by atoms with Gasteiger partial charge in [0.05, 0.1) is 12.5 Å². The summed E-state index contributed by atoms with van der Waals surface area (Å²) in [7, 11) is 0. The van der Waals surface area contributed by atoms with Crippen LogP contribution < -0.4 is 0 Å². The summed E-state index contributed by atoms with van der Waals surface area (Å²) in [5.41, 5.74) is 0.188. The normalized spacial score (nSPS) is 12.5. The van der Waals surface area contributed by atoms with E-state index < -0.39 is 23.7 Å². The van der Waals surface area contributed by atoms with Gasteiger partial charge in [-0.3, -0.25) is 9.63 Å². The van der Waals surface area contributed by atoms with Crippen molar-refractivity contribution in [3.8, 4) is 0 Å². The third-order valence-electron chi connectivity index (χ3n) is 2.66. The van der Waals surface area contributed by atoms with Crippen LogP contribution in [0, 0.1) is 0 Å². The van der Waals surface area contributed by atoms with E-state index >= 15 is 0 Å². The van der Waals surface area contributed by atoms with Crippen molar-refractivity contribution >= 4 is 12.1 Å². The van der Waals surface area contributed by atoms with E-state index in [0.717, 1.165) is 10.6 Å². The predicted molar refractivity (Wildman–Crippen MR) is 81.0 cm³/mol. The zero-order valence-corrected chi connectivity index (χ0v) is 13.4. The molecule has 0 unspecified atom stereocenters. The van der Waals surface area contributed by atoms with Gasteiger partial charge in [0.1, 0.15) is 12.2 Å². The van der Waals surface area contributed by atoms with E-state index in [-0.39, 0.29) is 13.0 Å². The topological polar surface area (TPSA) is 76.1 Å². The number of rotatable bonds is 6. The van der Waals surface area contributed by atoms with Crippen molar-refractivity contribution in [1.82, 2.24) is 5.06 Å². The molecule has 0 aliphatic carbocycles. The number of hydrogen-bond donors (Lipinski definition) is 1. The van der Waals surface area contributed by atoms with Crippen molar-refractivity contribution in [3.63, 3.8) is 0 Å². The summed E-state index contributed by atoms with van der Waals surface area (Å²) < 4.78 is 5.26. The van der Waals surface area contributed by atoms with Gasteiger partial charge in [-0.25, -0.2) is 4.79 Å². The SMILES string of the molecule is C[C@@H](CC(=O)O)N(OCc1ccccc1)C(=O)OC(C)(C)C. The van der Waals surface area contributed by atoms with Crippen LogP contribution in [0.25, 0.3) is 0 Å². The number of carbonyl (C=O) groups is 2. The summed E-state index contributed by atoms with van der Waals surface area (Å²) in [5.74, 6) is -1.01. The summed E-state index contributed by atoms with van der Waals surface area (Å²) in [6, 6.07) is 8.66. The molecule has 0 saturated heterocycles. The molecule has 0 spiro atoms. The van der Waals surface area contributed by atoms with Gasteiger partial charge < -0.3 is 9.84 Å². The minimum absolute atomic E-state index is 0.157. The first kappa shape index (κ1) is 18.0. The molecule has 0 saturated carbocycles. The highest BCUT2D eigenvalue weighted by atomic mass is 16.7. The second-order valence-corrected chi connectivity index (χ2v) is 6.01. The van der Waals surface area contributed by atoms with Crippen LogP contribution in [0.5, 0.6) is 0 Å². The number of benzene rings is 1. The Bertz CT molecular complexity index is 495. The van der Waals surface area contributed by atoms with Crippen LogP contribution >= 0.6 is 0 Å². The minimum Gasteiger partial charge on any atom is -0.481 e. The van der Waals surface area contributed by atoms with E-state index in [9.17, 15) is 9.59 Å². The Hall–Kier alpha value is -2.08. The molecule has 22 heavy (non-hydrogen) atoms. The number of carboxylic acid groups (broad SMARTS) is 1. The first-order valence-electron chi connectivity index (χ1n) is 7.10. The largest absolute Gasteiger partial charge is 0.481 e. The Morgan fingerprint density at radius 1 is 1.23 bits per heavy atom. The highest BCUT2D eigenvalue weighted by Crippen LogP contribution is 2.15. The Balaban J connectivity index is 2.77. The summed E-state index contributed by atoms with van der Waals surface area (Å²) in [6.45, 7) is 6.97. The maximum absolute atomic E-state index is 12.2. The quantitative estimate of drug-likeness (QED) is 0.816. The molecule has 6 nitrogen and oxygen atoms in total. The van der Waals surface area contributed by atoms with Crippen molar-refractivity contribution < 1.29 is 24.3 Å². The molecule has 0 bridgehead atoms. The Morgan fingerprint density at radius 3 is 2.32 bits per heavy atom. The lowest BCUT2D eigenvalue weighted by molar-refractivity contribution is -0.180. The molecule has 1 N–H and O–H groups in total. The van der Waals surface area contributed by atoms with Crippen LogP contribution in [0.1, 0.15) is 39.7 Å². The Labute approximate surface area is 130 Å². The lowest BCUT2D eigenvalue weighted by Gasteiger charge is -2.30. The van der Waals surface area contributed by atoms with Crippen LogP contribution in [-0.2, 0) is 21.0 Å². The van der Waals surface area contributed by atoms with E-state index in [2.05, 4.69) is 0 Å². The number of hydroxylamine groups is 2. The van der Waals surface area contributed by atoms with Gasteiger partial charge in [-0.1, -0.05) is 30.3 Å². The van der Waals surface area contributed by atoms with Crippen LogP contribution in [0.4, 0.5) is 4.79 Å². The van der Waals surface area contributed by atoms with Gasteiger partial charge in [0.2, 0.25) is 0 Å². The zero-order valence-electron chi connectivity index (χ0n) is 13.4. The Morgan fingerprint density at radius 2 is 1.82 bits per heavy atom. The summed E-state index contributed by atoms with van der Waals surface area (Å²) in [4.78, 5) is 28.5. The lowest BCUT2D eigenvalue weighted by atomic mass is 10.2. The molecule has 0 aromatic heterocycles. The first-order valence-corrected chi connectivity index (χ1v) is 7.10. The van der Waals surface area contributed by atoms with Crippen molar-refractivity contribution in [3.05, 3.63) is 35.9 Å². The average molecular weight is 309 g/mol. The monoisotopic (exact) mass is 309 g/mol. The van der Waals surface area contributed by atoms with Crippen molar-refractivity contribution in [2.75, 3.05) is 0 Å². The van der Waals surface area contributed by atoms with E-state index in [1.165, 1.54) is 0 Å². The molecule has 122 valence electrons. The molecule has 1 rings (SSSR count). The maximum Gasteiger partial charge on any atom is 0.434 e. The molecular formula is C16H23NO5. The third-order valence-corrected chi connectivity index (χ3v) is 2.66. The summed E-state index contributed by atoms with van der Waals surface area (Å²) in [6.07, 6.45) is -0.925. The van der Waals surface area contributed by atoms with Crippen molar-refractivity contribution in [2.45, 2.75) is 52.4 Å². The highest BCUT2D eigenvalue weighted by molar-refractivity contribution is 5.70. The van der Waals surface area contributed by atoms with Crippen LogP contribution in [-0.4, -0.2) is 33.9 Å². The maximum atomic E-state index is 12.2. The van der Waals surface area contributed by atoms with Gasteiger partial charge in [0.15, 0.2) is 0 Å². The van der Waals surface area contributed by atoms with E-state index in [4.69, 9.17) is 14.7 Å². The van der Waals surface area contributed by atoms with Gasteiger partial charge in [-0.15, -0.1) is 0 Å². The molecule has 1 aromatic rings. The average Bonchev–Trinajstić information content (AvgIpc) is 2.37. The van der Waals surface area contributed by atoms with Crippen molar-refractivity contribution in [1.29, 1.82) is 0 Å². The van der Waals surface area contributed by atoms with E-state index in [1.807, 2.05) is 30.3 Å². The molecule has 0 radical (unpaired) electrons. The van der Waals surface area contributed by atoms with Gasteiger partial charge in [0.25, 0.3) is 0 Å². The lowest BCUT2D eigenvalue weighted by Crippen LogP contribution is -2.42. The molecule has 1 atom stereocenters. The van der Waals surface area contributed by atoms with Crippen LogP contribution in [0.3, 0.4) is 0 Å². The van der Waals surface area contributed by atoms with Gasteiger partial charge in [-0.2, -0.15) is 5.06 Å². The molecule has 1 aromatic carbocycles. The van der Waals surface area contributed by atoms with Gasteiger partial charge in [0, 0.05) is 0 Å². The van der Waals surface area contributed by atoms with Gasteiger partial charge >= 0.3 is 12.1 Å². The smallest absolute Gasteiger partial charge is 0.434 e. The van der Waals surface area contributed by atoms with Crippen LogP contribution in [0.2, 0.25) is 0 Å². The summed E-state index contributed by atoms with van der Waals surface area (Å²) in [5, 5.41) is 9.89. The molecule has 0 fully saturated rings. The fraction of sp³-hybridized carbons (Fsp3) is 0.500. The number of amides is 1. The highest BCUT2D eigenvalue weighted by Gasteiger charge is 2.28. The Kier molecular flexibility index (Phi) is 6.37. The minimum atomic E-state index is -1.01. The number of ether oxygens (including phenoxy) is 1. The standard InChI is InChI=1S/C16H23NO5/c1-12(10-14(18)19)17(15(20)22-16(2,3)4)21-11-13-8-6-5-7-9-13/h5-9,12H,10-11H2,1-4H3,(H,18,19)/t12-/m0/s1. The molecule has 1 amide bonds. The number of carbonyl (C=O) groups excluding carboxylic acids is 1. The van der Waals surface area contributed by atoms with E-state index in [0.29, 0.717) is 0 Å².